The molecule has 2 N–H and O–H groups in total. The van der Waals surface area contributed by atoms with Crippen LogP contribution in [0.2, 0.25) is 0 Å². The first-order valence-electron chi connectivity index (χ1n) is 15.0. The molecule has 1 amide bonds. The van der Waals surface area contributed by atoms with E-state index in [9.17, 15) is 13.2 Å². The van der Waals surface area contributed by atoms with Gasteiger partial charge in [-0.3, -0.25) is 4.79 Å². The van der Waals surface area contributed by atoms with Crippen LogP contribution in [0.3, 0.4) is 0 Å². The zero-order chi connectivity index (χ0) is 28.8. The van der Waals surface area contributed by atoms with Gasteiger partial charge in [0.05, 0.1) is 17.5 Å². The summed E-state index contributed by atoms with van der Waals surface area (Å²) in [5.41, 5.74) is 3.80. The zero-order valence-corrected chi connectivity index (χ0v) is 25.5. The highest BCUT2D eigenvalue weighted by atomic mass is 32.2. The van der Waals surface area contributed by atoms with Crippen LogP contribution in [-0.4, -0.2) is 43.4 Å². The van der Waals surface area contributed by atoms with Gasteiger partial charge in [-0.2, -0.15) is 4.31 Å². The minimum atomic E-state index is -3.71. The lowest BCUT2D eigenvalue weighted by Crippen LogP contribution is -2.46. The van der Waals surface area contributed by atoms with Gasteiger partial charge in [0.2, 0.25) is 15.9 Å². The topological polar surface area (TPSA) is 87.7 Å². The summed E-state index contributed by atoms with van der Waals surface area (Å²) in [4.78, 5) is 13.5. The molecule has 1 aliphatic heterocycles. The summed E-state index contributed by atoms with van der Waals surface area (Å²) < 4.78 is 34.4. The number of unbranched alkanes of at least 4 members (excludes halogenated alkanes) is 1. The van der Waals surface area contributed by atoms with Crippen LogP contribution in [0.15, 0.2) is 47.4 Å². The number of benzene rings is 2. The number of carbonyl (C=O) groups is 1. The number of carbonyl (C=O) groups excluding carboxylic acids is 1. The second kappa shape index (κ2) is 13.5. The van der Waals surface area contributed by atoms with Crippen LogP contribution in [-0.2, 0) is 27.8 Å². The SMILES string of the molecule is CCCCOc1ccc(S(=O)(=O)N2CCCCC2CC(=O)NC2CCCc3cc(CNC(C)(C)C)ccc32)cc1. The maximum Gasteiger partial charge on any atom is 0.243 e. The molecular weight excluding hydrogens is 522 g/mol. The molecular formula is C32H47N3O4S. The van der Waals surface area contributed by atoms with Gasteiger partial charge in [-0.25, -0.2) is 8.42 Å². The Morgan fingerprint density at radius 3 is 2.55 bits per heavy atom. The standard InChI is InChI=1S/C32H47N3O4S/c1-5-6-20-39-27-14-16-28(17-15-27)40(37,38)35-19-8-7-11-26(35)22-31(36)34-30-12-9-10-25-21-24(13-18-29(25)30)23-33-32(2,3)4/h13-18,21,26,30,33H,5-12,19-20,22-23H2,1-4H3,(H,34,36). The van der Waals surface area contributed by atoms with Crippen LogP contribution in [0.25, 0.3) is 0 Å². The molecule has 2 aromatic rings. The molecule has 7 nitrogen and oxygen atoms in total. The van der Waals surface area contributed by atoms with Crippen molar-refractivity contribution in [1.29, 1.82) is 0 Å². The van der Waals surface area contributed by atoms with Gasteiger partial charge < -0.3 is 15.4 Å². The van der Waals surface area contributed by atoms with Crippen molar-refractivity contribution in [3.8, 4) is 5.75 Å². The quantitative estimate of drug-likeness (QED) is 0.330. The third kappa shape index (κ3) is 8.08. The third-order valence-corrected chi connectivity index (χ3v) is 9.84. The molecule has 4 rings (SSSR count). The van der Waals surface area contributed by atoms with Gasteiger partial charge >= 0.3 is 0 Å². The number of piperidine rings is 1. The van der Waals surface area contributed by atoms with Crippen molar-refractivity contribution in [1.82, 2.24) is 14.9 Å². The van der Waals surface area contributed by atoms with Crippen molar-refractivity contribution in [3.63, 3.8) is 0 Å². The van der Waals surface area contributed by atoms with Crippen LogP contribution >= 0.6 is 0 Å². The molecule has 2 atom stereocenters. The highest BCUT2D eigenvalue weighted by Gasteiger charge is 2.35. The van der Waals surface area contributed by atoms with Crippen LogP contribution in [0.5, 0.6) is 5.75 Å². The Morgan fingerprint density at radius 1 is 1.05 bits per heavy atom. The molecule has 0 bridgehead atoms. The Bertz CT molecular complexity index is 1240. The minimum absolute atomic E-state index is 0.0326. The summed E-state index contributed by atoms with van der Waals surface area (Å²) in [6.45, 7) is 10.5. The molecule has 0 saturated carbocycles. The lowest BCUT2D eigenvalue weighted by Gasteiger charge is -2.35. The van der Waals surface area contributed by atoms with E-state index < -0.39 is 10.0 Å². The first kappa shape index (κ1) is 30.5. The Kier molecular flexibility index (Phi) is 10.3. The van der Waals surface area contributed by atoms with E-state index >= 15 is 0 Å². The Morgan fingerprint density at radius 2 is 1.82 bits per heavy atom. The summed E-state index contributed by atoms with van der Waals surface area (Å²) in [5, 5.41) is 6.79. The molecule has 1 heterocycles. The van der Waals surface area contributed by atoms with Crippen LogP contribution in [0.1, 0.15) is 102 Å². The number of hydrogen-bond acceptors (Lipinski definition) is 5. The van der Waals surface area contributed by atoms with Gasteiger partial charge in [-0.1, -0.05) is 38.0 Å². The van der Waals surface area contributed by atoms with Crippen LogP contribution < -0.4 is 15.4 Å². The predicted octanol–water partition coefficient (Wildman–Crippen LogP) is 5.88. The van der Waals surface area contributed by atoms with Crippen molar-refractivity contribution in [2.24, 2.45) is 0 Å². The summed E-state index contributed by atoms with van der Waals surface area (Å²) in [6.07, 6.45) is 7.53. The molecule has 0 aromatic heterocycles. The second-order valence-corrected chi connectivity index (χ2v) is 14.2. The molecule has 2 aromatic carbocycles. The van der Waals surface area contributed by atoms with Crippen LogP contribution in [0, 0.1) is 0 Å². The second-order valence-electron chi connectivity index (χ2n) is 12.3. The molecule has 2 aliphatic rings. The van der Waals surface area contributed by atoms with Gasteiger partial charge in [-0.15, -0.1) is 0 Å². The fourth-order valence-electron chi connectivity index (χ4n) is 5.63. The third-order valence-electron chi connectivity index (χ3n) is 7.87. The van der Waals surface area contributed by atoms with Gasteiger partial charge in [0.25, 0.3) is 0 Å². The Hall–Kier alpha value is -2.42. The van der Waals surface area contributed by atoms with E-state index in [1.165, 1.54) is 16.7 Å². The van der Waals surface area contributed by atoms with E-state index in [1.54, 1.807) is 28.6 Å². The number of nitrogens with one attached hydrogen (secondary N) is 2. The lowest BCUT2D eigenvalue weighted by atomic mass is 9.86. The largest absolute Gasteiger partial charge is 0.494 e. The first-order valence-corrected chi connectivity index (χ1v) is 16.4. The van der Waals surface area contributed by atoms with E-state index in [-0.39, 0.29) is 34.8 Å². The van der Waals surface area contributed by atoms with E-state index in [0.29, 0.717) is 25.3 Å². The number of fused-ring (bicyclic) bond motifs is 1. The van der Waals surface area contributed by atoms with Gasteiger partial charge in [0.15, 0.2) is 0 Å². The van der Waals surface area contributed by atoms with Gasteiger partial charge in [0.1, 0.15) is 5.75 Å². The van der Waals surface area contributed by atoms with Crippen molar-refractivity contribution in [3.05, 3.63) is 59.2 Å². The minimum Gasteiger partial charge on any atom is -0.494 e. The summed E-state index contributed by atoms with van der Waals surface area (Å²) in [7, 11) is -3.71. The lowest BCUT2D eigenvalue weighted by molar-refractivity contribution is -0.123. The average molecular weight is 570 g/mol. The van der Waals surface area contributed by atoms with Crippen molar-refractivity contribution in [2.75, 3.05) is 13.2 Å². The molecule has 40 heavy (non-hydrogen) atoms. The molecule has 8 heteroatoms. The number of aryl methyl sites for hydroxylation is 1. The van der Waals surface area contributed by atoms with Gasteiger partial charge in [0, 0.05) is 31.1 Å². The number of nitrogens with zero attached hydrogens (tertiary/aromatic N) is 1. The van der Waals surface area contributed by atoms with E-state index in [1.807, 2.05) is 0 Å². The maximum absolute atomic E-state index is 13.6. The maximum atomic E-state index is 13.6. The van der Waals surface area contributed by atoms with Gasteiger partial charge in [-0.05, 0) is 100 Å². The first-order chi connectivity index (χ1) is 19.1. The van der Waals surface area contributed by atoms with Crippen molar-refractivity contribution < 1.29 is 17.9 Å². The molecule has 0 radical (unpaired) electrons. The summed E-state index contributed by atoms with van der Waals surface area (Å²) in [6, 6.07) is 12.9. The molecule has 220 valence electrons. The average Bonchev–Trinajstić information content (AvgIpc) is 2.92. The normalized spacial score (nSPS) is 20.1. The van der Waals surface area contributed by atoms with Crippen molar-refractivity contribution >= 4 is 15.9 Å². The number of amides is 1. The summed E-state index contributed by atoms with van der Waals surface area (Å²) >= 11 is 0. The number of ether oxygens (including phenoxy) is 1. The van der Waals surface area contributed by atoms with E-state index in [4.69, 9.17) is 4.74 Å². The smallest absolute Gasteiger partial charge is 0.243 e. The highest BCUT2D eigenvalue weighted by molar-refractivity contribution is 7.89. The molecule has 1 aliphatic carbocycles. The molecule has 2 unspecified atom stereocenters. The van der Waals surface area contributed by atoms with Crippen molar-refractivity contribution in [2.45, 2.75) is 115 Å². The zero-order valence-electron chi connectivity index (χ0n) is 24.7. The van der Waals surface area contributed by atoms with Crippen LogP contribution in [0.4, 0.5) is 0 Å². The number of sulfonamides is 1. The number of rotatable bonds is 11. The highest BCUT2D eigenvalue weighted by Crippen LogP contribution is 2.32. The predicted molar refractivity (Wildman–Crippen MR) is 160 cm³/mol. The fourth-order valence-corrected chi connectivity index (χ4v) is 7.33. The van der Waals surface area contributed by atoms with E-state index in [2.05, 4.69) is 56.5 Å². The van der Waals surface area contributed by atoms with E-state index in [0.717, 1.165) is 51.5 Å². The molecule has 1 fully saturated rings. The molecule has 0 spiro atoms. The number of hydrogen-bond donors (Lipinski definition) is 2. The fraction of sp³-hybridized carbons (Fsp3) is 0.594. The Balaban J connectivity index is 1.40. The monoisotopic (exact) mass is 569 g/mol. The Labute approximate surface area is 241 Å². The molecule has 1 saturated heterocycles. The summed E-state index contributed by atoms with van der Waals surface area (Å²) in [5.74, 6) is 0.593.